The largest absolute Gasteiger partial charge is 0.397 e. The van der Waals surface area contributed by atoms with Crippen molar-refractivity contribution in [2.45, 2.75) is 6.92 Å². The van der Waals surface area contributed by atoms with E-state index in [-0.39, 0.29) is 5.91 Å². The standard InChI is InChI=1S/C10H11IN2O/c1-6-3-4-8(12)9(5-6)13-10(14)7(2)11/h3-5H,2,12H2,1H3,(H,13,14). The summed E-state index contributed by atoms with van der Waals surface area (Å²) >= 11 is 1.87. The summed E-state index contributed by atoms with van der Waals surface area (Å²) in [7, 11) is 0. The Morgan fingerprint density at radius 3 is 2.79 bits per heavy atom. The molecule has 0 bridgehead atoms. The lowest BCUT2D eigenvalue weighted by molar-refractivity contribution is -0.112. The highest BCUT2D eigenvalue weighted by Crippen LogP contribution is 2.20. The van der Waals surface area contributed by atoms with Crippen molar-refractivity contribution >= 4 is 39.9 Å². The molecule has 74 valence electrons. The van der Waals surface area contributed by atoms with E-state index in [1.54, 1.807) is 6.07 Å². The predicted molar refractivity (Wildman–Crippen MR) is 67.4 cm³/mol. The van der Waals surface area contributed by atoms with Gasteiger partial charge in [0.1, 0.15) is 0 Å². The molecule has 0 aromatic heterocycles. The van der Waals surface area contributed by atoms with Gasteiger partial charge in [-0.05, 0) is 47.2 Å². The first kappa shape index (κ1) is 11.0. The van der Waals surface area contributed by atoms with Crippen LogP contribution in [0.1, 0.15) is 5.56 Å². The molecule has 0 atom stereocenters. The minimum Gasteiger partial charge on any atom is -0.397 e. The van der Waals surface area contributed by atoms with Gasteiger partial charge in [0.05, 0.1) is 15.0 Å². The third-order valence-electron chi connectivity index (χ3n) is 1.70. The molecule has 1 aromatic carbocycles. The van der Waals surface area contributed by atoms with E-state index < -0.39 is 0 Å². The predicted octanol–water partition coefficient (Wildman–Crippen LogP) is 2.46. The van der Waals surface area contributed by atoms with Crippen LogP contribution in [0, 0.1) is 6.92 Å². The number of anilines is 2. The molecule has 4 heteroatoms. The first-order valence-electron chi connectivity index (χ1n) is 4.02. The Labute approximate surface area is 96.5 Å². The normalized spacial score (nSPS) is 9.57. The van der Waals surface area contributed by atoms with Crippen molar-refractivity contribution in [2.75, 3.05) is 11.1 Å². The lowest BCUT2D eigenvalue weighted by Crippen LogP contribution is -2.12. The molecule has 1 aromatic rings. The zero-order valence-corrected chi connectivity index (χ0v) is 9.96. The van der Waals surface area contributed by atoms with Gasteiger partial charge in [0.15, 0.2) is 0 Å². The zero-order chi connectivity index (χ0) is 10.7. The highest BCUT2D eigenvalue weighted by atomic mass is 127. The Bertz CT molecular complexity index is 388. The molecule has 0 radical (unpaired) electrons. The summed E-state index contributed by atoms with van der Waals surface area (Å²) in [6.45, 7) is 5.48. The van der Waals surface area contributed by atoms with Crippen LogP contribution >= 0.6 is 22.6 Å². The summed E-state index contributed by atoms with van der Waals surface area (Å²) in [5.41, 5.74) is 7.93. The van der Waals surface area contributed by atoms with Gasteiger partial charge >= 0.3 is 0 Å². The van der Waals surface area contributed by atoms with Crippen molar-refractivity contribution in [3.05, 3.63) is 33.9 Å². The third-order valence-corrected chi connectivity index (χ3v) is 2.19. The van der Waals surface area contributed by atoms with Gasteiger partial charge < -0.3 is 11.1 Å². The zero-order valence-electron chi connectivity index (χ0n) is 7.80. The van der Waals surface area contributed by atoms with E-state index >= 15 is 0 Å². The van der Waals surface area contributed by atoms with Crippen LogP contribution in [0.25, 0.3) is 0 Å². The van der Waals surface area contributed by atoms with Gasteiger partial charge in [-0.25, -0.2) is 0 Å². The average molecular weight is 302 g/mol. The number of aryl methyl sites for hydroxylation is 1. The number of carbonyl (C=O) groups is 1. The summed E-state index contributed by atoms with van der Waals surface area (Å²) in [6, 6.07) is 5.48. The van der Waals surface area contributed by atoms with Crippen LogP contribution in [-0.2, 0) is 4.79 Å². The molecule has 0 unspecified atom stereocenters. The van der Waals surface area contributed by atoms with E-state index in [4.69, 9.17) is 5.73 Å². The monoisotopic (exact) mass is 302 g/mol. The van der Waals surface area contributed by atoms with E-state index in [9.17, 15) is 4.79 Å². The van der Waals surface area contributed by atoms with Gasteiger partial charge in [0, 0.05) is 0 Å². The Hall–Kier alpha value is -1.04. The van der Waals surface area contributed by atoms with Crippen molar-refractivity contribution in [1.82, 2.24) is 0 Å². The van der Waals surface area contributed by atoms with E-state index in [1.165, 1.54) is 0 Å². The minimum absolute atomic E-state index is 0.220. The van der Waals surface area contributed by atoms with Gasteiger partial charge in [0.25, 0.3) is 5.91 Å². The van der Waals surface area contributed by atoms with Crippen LogP contribution in [0.4, 0.5) is 11.4 Å². The van der Waals surface area contributed by atoms with Crippen LogP contribution in [0.15, 0.2) is 28.4 Å². The Morgan fingerprint density at radius 1 is 1.57 bits per heavy atom. The summed E-state index contributed by atoms with van der Waals surface area (Å²) in [5.74, 6) is -0.220. The quantitative estimate of drug-likeness (QED) is 0.501. The molecule has 14 heavy (non-hydrogen) atoms. The number of nitrogens with two attached hydrogens (primary N) is 1. The summed E-state index contributed by atoms with van der Waals surface area (Å²) in [4.78, 5) is 11.3. The first-order valence-corrected chi connectivity index (χ1v) is 5.10. The third kappa shape index (κ3) is 2.73. The molecule has 3 N–H and O–H groups in total. The van der Waals surface area contributed by atoms with Crippen molar-refractivity contribution in [2.24, 2.45) is 0 Å². The van der Waals surface area contributed by atoms with E-state index in [1.807, 2.05) is 41.6 Å². The number of carbonyl (C=O) groups excluding carboxylic acids is 1. The fraction of sp³-hybridized carbons (Fsp3) is 0.100. The molecule has 0 aliphatic carbocycles. The molecule has 0 heterocycles. The maximum Gasteiger partial charge on any atom is 0.261 e. The number of hydrogen-bond donors (Lipinski definition) is 2. The van der Waals surface area contributed by atoms with Gasteiger partial charge in [-0.15, -0.1) is 0 Å². The second kappa shape index (κ2) is 4.45. The molecule has 0 saturated carbocycles. The maximum absolute atomic E-state index is 11.3. The number of hydrogen-bond acceptors (Lipinski definition) is 2. The smallest absolute Gasteiger partial charge is 0.261 e. The molecule has 0 spiro atoms. The molecule has 0 aliphatic rings. The number of nitrogens with one attached hydrogen (secondary N) is 1. The van der Waals surface area contributed by atoms with Crippen LogP contribution in [0.3, 0.4) is 0 Å². The Balaban J connectivity index is 2.91. The van der Waals surface area contributed by atoms with Crippen LogP contribution in [0.2, 0.25) is 0 Å². The molecule has 1 amide bonds. The first-order chi connectivity index (χ1) is 6.50. The van der Waals surface area contributed by atoms with E-state index in [0.717, 1.165) is 5.56 Å². The molecule has 1 rings (SSSR count). The summed E-state index contributed by atoms with van der Waals surface area (Å²) in [6.07, 6.45) is 0. The van der Waals surface area contributed by atoms with Crippen LogP contribution < -0.4 is 11.1 Å². The fourth-order valence-electron chi connectivity index (χ4n) is 0.969. The number of halogens is 1. The van der Waals surface area contributed by atoms with Crippen molar-refractivity contribution in [1.29, 1.82) is 0 Å². The minimum atomic E-state index is -0.220. The van der Waals surface area contributed by atoms with Gasteiger partial charge in [-0.3, -0.25) is 4.79 Å². The molecule has 3 nitrogen and oxygen atoms in total. The molecular weight excluding hydrogens is 291 g/mol. The van der Waals surface area contributed by atoms with E-state index in [2.05, 4.69) is 11.9 Å². The fourth-order valence-corrected chi connectivity index (χ4v) is 1.10. The van der Waals surface area contributed by atoms with Crippen LogP contribution in [0.5, 0.6) is 0 Å². The SMILES string of the molecule is C=C(I)C(=O)Nc1cc(C)ccc1N. The van der Waals surface area contributed by atoms with Gasteiger partial charge in [-0.2, -0.15) is 0 Å². The van der Waals surface area contributed by atoms with Gasteiger partial charge in [-0.1, -0.05) is 12.6 Å². The Morgan fingerprint density at radius 2 is 2.21 bits per heavy atom. The maximum atomic E-state index is 11.3. The highest BCUT2D eigenvalue weighted by molar-refractivity contribution is 14.1. The highest BCUT2D eigenvalue weighted by Gasteiger charge is 2.06. The number of benzene rings is 1. The van der Waals surface area contributed by atoms with Crippen molar-refractivity contribution in [3.63, 3.8) is 0 Å². The number of amides is 1. The van der Waals surface area contributed by atoms with Gasteiger partial charge in [0.2, 0.25) is 0 Å². The average Bonchev–Trinajstić information content (AvgIpc) is 2.11. The molecule has 0 fully saturated rings. The Kier molecular flexibility index (Phi) is 3.51. The lowest BCUT2D eigenvalue weighted by Gasteiger charge is -2.07. The van der Waals surface area contributed by atoms with E-state index in [0.29, 0.717) is 15.0 Å². The summed E-state index contributed by atoms with van der Waals surface area (Å²) < 4.78 is 0.434. The number of nitrogen functional groups attached to an aromatic ring is 1. The number of rotatable bonds is 2. The van der Waals surface area contributed by atoms with Crippen molar-refractivity contribution in [3.8, 4) is 0 Å². The molecule has 0 aliphatic heterocycles. The molecule has 0 saturated heterocycles. The van der Waals surface area contributed by atoms with Crippen LogP contribution in [-0.4, -0.2) is 5.91 Å². The summed E-state index contributed by atoms with van der Waals surface area (Å²) in [5, 5.41) is 2.68. The molecular formula is C10H11IN2O. The second-order valence-corrected chi connectivity index (χ2v) is 4.25. The van der Waals surface area contributed by atoms with Crippen molar-refractivity contribution < 1.29 is 4.79 Å². The topological polar surface area (TPSA) is 55.1 Å². The lowest BCUT2D eigenvalue weighted by atomic mass is 10.2. The second-order valence-electron chi connectivity index (χ2n) is 2.95.